The Kier molecular flexibility index (Phi) is 3.70. The molecule has 2 unspecified atom stereocenters. The molecular weight excluding hydrogens is 262 g/mol. The molecule has 0 bridgehead atoms. The average Bonchev–Trinajstić information content (AvgIpc) is 2.90. The Morgan fingerprint density at radius 1 is 1.30 bits per heavy atom. The summed E-state index contributed by atoms with van der Waals surface area (Å²) in [5, 5.41) is 3.43. The Balaban J connectivity index is 1.67. The van der Waals surface area contributed by atoms with Gasteiger partial charge in [-0.3, -0.25) is 4.79 Å². The van der Waals surface area contributed by atoms with Crippen LogP contribution in [-0.4, -0.2) is 36.5 Å². The van der Waals surface area contributed by atoms with Gasteiger partial charge in [0.25, 0.3) is 0 Å². The Morgan fingerprint density at radius 3 is 2.80 bits per heavy atom. The summed E-state index contributed by atoms with van der Waals surface area (Å²) in [4.78, 5) is 14.0. The van der Waals surface area contributed by atoms with Crippen LogP contribution in [0.15, 0.2) is 18.2 Å². The number of carbonyl (C=O) groups excluding carboxylic acids is 1. The highest BCUT2D eigenvalue weighted by atomic mass is 19.1. The first-order valence-corrected chi connectivity index (χ1v) is 7.09. The predicted octanol–water partition coefficient (Wildman–Crippen LogP) is 1.72. The zero-order valence-corrected chi connectivity index (χ0v) is 11.2. The maximum absolute atomic E-state index is 13.6. The van der Waals surface area contributed by atoms with E-state index in [9.17, 15) is 13.6 Å². The predicted molar refractivity (Wildman–Crippen MR) is 71.2 cm³/mol. The summed E-state index contributed by atoms with van der Waals surface area (Å²) in [5.74, 6) is -0.982. The number of halogens is 2. The zero-order chi connectivity index (χ0) is 14.1. The van der Waals surface area contributed by atoms with E-state index in [4.69, 9.17) is 0 Å². The van der Waals surface area contributed by atoms with Crippen LogP contribution in [0.3, 0.4) is 0 Å². The summed E-state index contributed by atoms with van der Waals surface area (Å²) < 4.78 is 27.1. The highest BCUT2D eigenvalue weighted by Gasteiger charge is 2.34. The number of hydrogen-bond acceptors (Lipinski definition) is 2. The van der Waals surface area contributed by atoms with Gasteiger partial charge in [0.15, 0.2) is 0 Å². The first-order valence-electron chi connectivity index (χ1n) is 7.09. The zero-order valence-electron chi connectivity index (χ0n) is 11.2. The van der Waals surface area contributed by atoms with Crippen molar-refractivity contribution >= 4 is 5.91 Å². The van der Waals surface area contributed by atoms with Gasteiger partial charge in [0.05, 0.1) is 6.42 Å². The van der Waals surface area contributed by atoms with Crippen LogP contribution in [0.4, 0.5) is 8.78 Å². The molecule has 2 aliphatic heterocycles. The molecule has 0 aromatic heterocycles. The number of benzene rings is 1. The minimum atomic E-state index is -0.643. The van der Waals surface area contributed by atoms with Gasteiger partial charge in [-0.25, -0.2) is 8.78 Å². The number of amides is 1. The topological polar surface area (TPSA) is 32.3 Å². The molecule has 3 nitrogen and oxygen atoms in total. The third-order valence-corrected chi connectivity index (χ3v) is 4.40. The van der Waals surface area contributed by atoms with E-state index in [2.05, 4.69) is 5.32 Å². The van der Waals surface area contributed by atoms with Crippen LogP contribution < -0.4 is 5.32 Å². The van der Waals surface area contributed by atoms with E-state index in [0.29, 0.717) is 25.0 Å². The molecule has 1 aromatic carbocycles. The van der Waals surface area contributed by atoms with E-state index in [1.807, 2.05) is 0 Å². The summed E-state index contributed by atoms with van der Waals surface area (Å²) in [5.41, 5.74) is -0.121. The Bertz CT molecular complexity index is 500. The van der Waals surface area contributed by atoms with E-state index >= 15 is 0 Å². The lowest BCUT2D eigenvalue weighted by molar-refractivity contribution is -0.132. The van der Waals surface area contributed by atoms with Crippen molar-refractivity contribution in [2.24, 2.45) is 5.92 Å². The van der Waals surface area contributed by atoms with Gasteiger partial charge in [0.2, 0.25) is 5.91 Å². The lowest BCUT2D eigenvalue weighted by atomic mass is 9.93. The van der Waals surface area contributed by atoms with Crippen molar-refractivity contribution in [2.75, 3.05) is 19.6 Å². The second-order valence-corrected chi connectivity index (χ2v) is 5.61. The monoisotopic (exact) mass is 280 g/mol. The van der Waals surface area contributed by atoms with Crippen molar-refractivity contribution in [3.05, 3.63) is 35.4 Å². The maximum atomic E-state index is 13.6. The van der Waals surface area contributed by atoms with Crippen molar-refractivity contribution in [2.45, 2.75) is 25.3 Å². The number of carbonyl (C=O) groups is 1. The quantitative estimate of drug-likeness (QED) is 0.894. The number of likely N-dealkylation sites (tertiary alicyclic amines) is 1. The van der Waals surface area contributed by atoms with Crippen LogP contribution in [-0.2, 0) is 11.2 Å². The molecule has 2 heterocycles. The second-order valence-electron chi connectivity index (χ2n) is 5.61. The SMILES string of the molecule is O=C(Cc1c(F)cccc1F)N1CCC2NCCC2C1. The summed E-state index contributed by atoms with van der Waals surface area (Å²) in [6, 6.07) is 4.20. The van der Waals surface area contributed by atoms with E-state index in [0.717, 1.165) is 19.4 Å². The molecule has 0 radical (unpaired) electrons. The fourth-order valence-electron chi connectivity index (χ4n) is 3.24. The van der Waals surface area contributed by atoms with Crippen LogP contribution in [0.2, 0.25) is 0 Å². The van der Waals surface area contributed by atoms with Gasteiger partial charge in [-0.15, -0.1) is 0 Å². The molecule has 3 rings (SSSR count). The molecule has 2 fully saturated rings. The molecule has 1 N–H and O–H groups in total. The number of nitrogens with zero attached hydrogens (tertiary/aromatic N) is 1. The van der Waals surface area contributed by atoms with Crippen molar-refractivity contribution in [3.8, 4) is 0 Å². The minimum Gasteiger partial charge on any atom is -0.342 e. The van der Waals surface area contributed by atoms with Crippen molar-refractivity contribution in [1.29, 1.82) is 0 Å². The summed E-state index contributed by atoms with van der Waals surface area (Å²) >= 11 is 0. The van der Waals surface area contributed by atoms with E-state index in [1.54, 1.807) is 4.90 Å². The van der Waals surface area contributed by atoms with Crippen molar-refractivity contribution in [1.82, 2.24) is 10.2 Å². The third kappa shape index (κ3) is 2.54. The Morgan fingerprint density at radius 2 is 2.05 bits per heavy atom. The summed E-state index contributed by atoms with van der Waals surface area (Å²) in [6.45, 7) is 2.37. The number of rotatable bonds is 2. The number of piperidine rings is 1. The molecule has 1 aromatic rings. The molecule has 108 valence electrons. The first kappa shape index (κ1) is 13.5. The maximum Gasteiger partial charge on any atom is 0.227 e. The minimum absolute atomic E-state index is 0.121. The van der Waals surface area contributed by atoms with Gasteiger partial charge in [-0.05, 0) is 37.4 Å². The van der Waals surface area contributed by atoms with Gasteiger partial charge >= 0.3 is 0 Å². The van der Waals surface area contributed by atoms with Crippen LogP contribution >= 0.6 is 0 Å². The fourth-order valence-corrected chi connectivity index (χ4v) is 3.24. The largest absolute Gasteiger partial charge is 0.342 e. The van der Waals surface area contributed by atoms with Crippen molar-refractivity contribution in [3.63, 3.8) is 0 Å². The standard InChI is InChI=1S/C15H18F2N2O/c16-12-2-1-3-13(17)11(12)8-15(20)19-7-5-14-10(9-19)4-6-18-14/h1-3,10,14,18H,4-9H2. The number of nitrogens with one attached hydrogen (secondary N) is 1. The van der Waals surface area contributed by atoms with E-state index < -0.39 is 11.6 Å². The summed E-state index contributed by atoms with van der Waals surface area (Å²) in [6.07, 6.45) is 1.81. The molecular formula is C15H18F2N2O. The lowest BCUT2D eigenvalue weighted by Gasteiger charge is -2.35. The summed E-state index contributed by atoms with van der Waals surface area (Å²) in [7, 11) is 0. The number of hydrogen-bond donors (Lipinski definition) is 1. The van der Waals surface area contributed by atoms with Gasteiger partial charge in [-0.2, -0.15) is 0 Å². The highest BCUT2D eigenvalue weighted by molar-refractivity contribution is 5.79. The van der Waals surface area contributed by atoms with E-state index in [1.165, 1.54) is 18.2 Å². The second kappa shape index (κ2) is 5.48. The molecule has 2 atom stereocenters. The molecule has 20 heavy (non-hydrogen) atoms. The highest BCUT2D eigenvalue weighted by Crippen LogP contribution is 2.25. The van der Waals surface area contributed by atoms with Gasteiger partial charge in [0, 0.05) is 24.7 Å². The molecule has 0 spiro atoms. The third-order valence-electron chi connectivity index (χ3n) is 4.40. The lowest BCUT2D eigenvalue weighted by Crippen LogP contribution is -2.47. The van der Waals surface area contributed by atoms with E-state index in [-0.39, 0.29) is 17.9 Å². The van der Waals surface area contributed by atoms with Crippen LogP contribution in [0.5, 0.6) is 0 Å². The first-order chi connectivity index (χ1) is 9.65. The number of fused-ring (bicyclic) bond motifs is 1. The van der Waals surface area contributed by atoms with Crippen LogP contribution in [0.1, 0.15) is 18.4 Å². The molecule has 1 amide bonds. The van der Waals surface area contributed by atoms with Gasteiger partial charge in [0.1, 0.15) is 11.6 Å². The molecule has 0 aliphatic carbocycles. The molecule has 0 saturated carbocycles. The fraction of sp³-hybridized carbons (Fsp3) is 0.533. The van der Waals surface area contributed by atoms with Crippen molar-refractivity contribution < 1.29 is 13.6 Å². The molecule has 2 saturated heterocycles. The van der Waals surface area contributed by atoms with Crippen LogP contribution in [0.25, 0.3) is 0 Å². The molecule has 5 heteroatoms. The Labute approximate surface area is 117 Å². The van der Waals surface area contributed by atoms with Crippen LogP contribution in [0, 0.1) is 17.6 Å². The molecule has 2 aliphatic rings. The average molecular weight is 280 g/mol. The normalized spacial score (nSPS) is 25.6. The Hall–Kier alpha value is -1.49. The van der Waals surface area contributed by atoms with Gasteiger partial charge < -0.3 is 10.2 Å². The smallest absolute Gasteiger partial charge is 0.227 e. The van der Waals surface area contributed by atoms with Gasteiger partial charge in [-0.1, -0.05) is 6.07 Å².